The normalized spacial score (nSPS) is 18.7. The van der Waals surface area contributed by atoms with Gasteiger partial charge in [-0.1, -0.05) is 18.8 Å². The summed E-state index contributed by atoms with van der Waals surface area (Å²) >= 11 is 0. The standard InChI is InChI=1S/C19H36N2/c1-8-19(5,6)12-9-13-20(7)16-17-10-14-21(15-11-17)18(2,3)4/h17H,8,10-11,13-16H2,1-7H3. The van der Waals surface area contributed by atoms with Crippen LogP contribution < -0.4 is 0 Å². The quantitative estimate of drug-likeness (QED) is 0.726. The lowest BCUT2D eigenvalue weighted by atomic mass is 9.91. The van der Waals surface area contributed by atoms with Gasteiger partial charge in [0.25, 0.3) is 0 Å². The van der Waals surface area contributed by atoms with Crippen molar-refractivity contribution in [3.05, 3.63) is 0 Å². The molecule has 0 aromatic rings. The summed E-state index contributed by atoms with van der Waals surface area (Å²) < 4.78 is 0. The summed E-state index contributed by atoms with van der Waals surface area (Å²) in [6.45, 7) is 18.2. The van der Waals surface area contributed by atoms with Crippen LogP contribution in [-0.2, 0) is 0 Å². The Kier molecular flexibility index (Phi) is 6.75. The smallest absolute Gasteiger partial charge is 0.0599 e. The minimum absolute atomic E-state index is 0.166. The molecule has 1 heterocycles. The molecule has 0 aromatic carbocycles. The van der Waals surface area contributed by atoms with Gasteiger partial charge in [-0.3, -0.25) is 9.80 Å². The Balaban J connectivity index is 2.33. The molecule has 1 rings (SSSR count). The first kappa shape index (κ1) is 18.5. The second-order valence-corrected chi connectivity index (χ2v) is 8.34. The molecule has 0 bridgehead atoms. The Bertz CT molecular complexity index is 359. The molecule has 0 spiro atoms. The summed E-state index contributed by atoms with van der Waals surface area (Å²) in [7, 11) is 2.21. The van der Waals surface area contributed by atoms with E-state index in [0.29, 0.717) is 5.54 Å². The maximum absolute atomic E-state index is 3.40. The minimum atomic E-state index is 0.166. The fourth-order valence-corrected chi connectivity index (χ4v) is 2.79. The van der Waals surface area contributed by atoms with E-state index in [1.165, 1.54) is 32.5 Å². The Morgan fingerprint density at radius 2 is 1.67 bits per heavy atom. The van der Waals surface area contributed by atoms with E-state index in [4.69, 9.17) is 0 Å². The van der Waals surface area contributed by atoms with Gasteiger partial charge in [-0.15, -0.1) is 0 Å². The van der Waals surface area contributed by atoms with Gasteiger partial charge in [0.15, 0.2) is 0 Å². The molecule has 0 unspecified atom stereocenters. The third-order valence-electron chi connectivity index (χ3n) is 4.79. The number of hydrogen-bond donors (Lipinski definition) is 0. The Morgan fingerprint density at radius 3 is 2.14 bits per heavy atom. The Hall–Kier alpha value is -0.520. The van der Waals surface area contributed by atoms with Crippen molar-refractivity contribution in [1.82, 2.24) is 9.80 Å². The van der Waals surface area contributed by atoms with Gasteiger partial charge in [0.05, 0.1) is 6.54 Å². The van der Waals surface area contributed by atoms with Crippen molar-refractivity contribution in [1.29, 1.82) is 0 Å². The van der Waals surface area contributed by atoms with Crippen molar-refractivity contribution in [2.24, 2.45) is 11.3 Å². The van der Waals surface area contributed by atoms with Crippen LogP contribution >= 0.6 is 0 Å². The first-order chi connectivity index (χ1) is 9.64. The predicted octanol–water partition coefficient (Wildman–Crippen LogP) is 3.87. The minimum Gasteiger partial charge on any atom is -0.298 e. The highest BCUT2D eigenvalue weighted by atomic mass is 15.2. The molecule has 0 N–H and O–H groups in total. The van der Waals surface area contributed by atoms with Crippen LogP contribution in [0.3, 0.4) is 0 Å². The van der Waals surface area contributed by atoms with Crippen molar-refractivity contribution in [2.45, 2.75) is 66.3 Å². The van der Waals surface area contributed by atoms with Crippen LogP contribution in [0.5, 0.6) is 0 Å². The lowest BCUT2D eigenvalue weighted by Crippen LogP contribution is -2.47. The van der Waals surface area contributed by atoms with Crippen LogP contribution in [0.15, 0.2) is 0 Å². The SMILES string of the molecule is CCC(C)(C)C#CCN(C)CC1CCN(C(C)(C)C)CC1. The molecule has 1 aliphatic rings. The number of hydrogen-bond acceptors (Lipinski definition) is 2. The second-order valence-electron chi connectivity index (χ2n) is 8.34. The highest BCUT2D eigenvalue weighted by Crippen LogP contribution is 2.24. The molecule has 1 fully saturated rings. The number of rotatable bonds is 4. The molecular weight excluding hydrogens is 256 g/mol. The zero-order valence-electron chi connectivity index (χ0n) is 15.4. The lowest BCUT2D eigenvalue weighted by molar-refractivity contribution is 0.0790. The average Bonchev–Trinajstić information content (AvgIpc) is 2.38. The monoisotopic (exact) mass is 292 g/mol. The molecule has 0 radical (unpaired) electrons. The lowest BCUT2D eigenvalue weighted by Gasteiger charge is -2.41. The summed E-state index contributed by atoms with van der Waals surface area (Å²) in [6, 6.07) is 0. The molecule has 21 heavy (non-hydrogen) atoms. The van der Waals surface area contributed by atoms with E-state index in [0.717, 1.165) is 18.9 Å². The van der Waals surface area contributed by atoms with Crippen LogP contribution in [0, 0.1) is 23.2 Å². The van der Waals surface area contributed by atoms with Gasteiger partial charge < -0.3 is 0 Å². The molecule has 0 atom stereocenters. The number of piperidine rings is 1. The topological polar surface area (TPSA) is 6.48 Å². The van der Waals surface area contributed by atoms with E-state index in [1.807, 2.05) is 0 Å². The van der Waals surface area contributed by atoms with E-state index >= 15 is 0 Å². The zero-order valence-corrected chi connectivity index (χ0v) is 15.4. The molecule has 0 amide bonds. The second kappa shape index (κ2) is 7.65. The zero-order chi connectivity index (χ0) is 16.1. The fourth-order valence-electron chi connectivity index (χ4n) is 2.79. The van der Waals surface area contributed by atoms with Crippen molar-refractivity contribution >= 4 is 0 Å². The summed E-state index contributed by atoms with van der Waals surface area (Å²) in [5.41, 5.74) is 0.493. The van der Waals surface area contributed by atoms with Crippen LogP contribution in [0.2, 0.25) is 0 Å². The van der Waals surface area contributed by atoms with E-state index in [-0.39, 0.29) is 5.41 Å². The van der Waals surface area contributed by atoms with Gasteiger partial charge in [0, 0.05) is 17.5 Å². The average molecular weight is 293 g/mol. The van der Waals surface area contributed by atoms with Gasteiger partial charge in [-0.2, -0.15) is 0 Å². The molecule has 2 nitrogen and oxygen atoms in total. The highest BCUT2D eigenvalue weighted by molar-refractivity contribution is 5.09. The van der Waals surface area contributed by atoms with Crippen molar-refractivity contribution in [2.75, 3.05) is 33.2 Å². The molecule has 122 valence electrons. The van der Waals surface area contributed by atoms with Crippen molar-refractivity contribution < 1.29 is 0 Å². The molecule has 1 saturated heterocycles. The van der Waals surface area contributed by atoms with Crippen molar-refractivity contribution in [3.8, 4) is 11.8 Å². The van der Waals surface area contributed by atoms with Gasteiger partial charge in [0.2, 0.25) is 0 Å². The first-order valence-corrected chi connectivity index (χ1v) is 8.57. The number of likely N-dealkylation sites (tertiary alicyclic amines) is 1. The molecule has 0 saturated carbocycles. The van der Waals surface area contributed by atoms with E-state index in [9.17, 15) is 0 Å². The van der Waals surface area contributed by atoms with Gasteiger partial charge in [-0.05, 0) is 79.9 Å². The molecule has 2 heteroatoms. The number of nitrogens with zero attached hydrogens (tertiary/aromatic N) is 2. The van der Waals surface area contributed by atoms with E-state index in [2.05, 4.69) is 70.2 Å². The predicted molar refractivity (Wildman–Crippen MR) is 93.4 cm³/mol. The fraction of sp³-hybridized carbons (Fsp3) is 0.895. The Labute approximate surface area is 133 Å². The maximum Gasteiger partial charge on any atom is 0.0599 e. The van der Waals surface area contributed by atoms with Crippen LogP contribution in [-0.4, -0.2) is 48.6 Å². The summed E-state index contributed by atoms with van der Waals surface area (Å²) in [5, 5.41) is 0. The Morgan fingerprint density at radius 1 is 1.10 bits per heavy atom. The largest absolute Gasteiger partial charge is 0.298 e. The van der Waals surface area contributed by atoms with E-state index in [1.54, 1.807) is 0 Å². The van der Waals surface area contributed by atoms with E-state index < -0.39 is 0 Å². The van der Waals surface area contributed by atoms with Crippen LogP contribution in [0.25, 0.3) is 0 Å². The molecular formula is C19H36N2. The molecule has 0 aliphatic carbocycles. The van der Waals surface area contributed by atoms with Crippen LogP contribution in [0.4, 0.5) is 0 Å². The van der Waals surface area contributed by atoms with Gasteiger partial charge in [-0.25, -0.2) is 0 Å². The van der Waals surface area contributed by atoms with Crippen molar-refractivity contribution in [3.63, 3.8) is 0 Å². The summed E-state index contributed by atoms with van der Waals surface area (Å²) in [5.74, 6) is 7.61. The molecule has 1 aliphatic heterocycles. The maximum atomic E-state index is 3.40. The molecule has 0 aromatic heterocycles. The first-order valence-electron chi connectivity index (χ1n) is 8.57. The van der Waals surface area contributed by atoms with Crippen LogP contribution in [0.1, 0.15) is 60.8 Å². The van der Waals surface area contributed by atoms with Gasteiger partial charge >= 0.3 is 0 Å². The highest BCUT2D eigenvalue weighted by Gasteiger charge is 2.27. The van der Waals surface area contributed by atoms with Gasteiger partial charge in [0.1, 0.15) is 0 Å². The summed E-state index contributed by atoms with van der Waals surface area (Å²) in [6.07, 6.45) is 3.78. The third-order valence-corrected chi connectivity index (χ3v) is 4.79. The summed E-state index contributed by atoms with van der Waals surface area (Å²) in [4.78, 5) is 5.02. The third kappa shape index (κ3) is 6.85.